The number of esters is 1. The number of dihydropyridines is 1. The first-order chi connectivity index (χ1) is 18.9. The predicted octanol–water partition coefficient (Wildman–Crippen LogP) is 7.42. The minimum absolute atomic E-state index is 0.0519. The van der Waals surface area contributed by atoms with Crippen LogP contribution in [-0.2, 0) is 14.3 Å². The maximum atomic E-state index is 13.9. The Kier molecular flexibility index (Phi) is 8.46. The number of carbonyl (C=O) groups excluding carboxylic acids is 2. The highest BCUT2D eigenvalue weighted by Crippen LogP contribution is 2.46. The summed E-state index contributed by atoms with van der Waals surface area (Å²) in [7, 11) is 0. The molecule has 0 aromatic heterocycles. The summed E-state index contributed by atoms with van der Waals surface area (Å²) in [6.07, 6.45) is 6.24. The fourth-order valence-corrected chi connectivity index (χ4v) is 6.60. The highest BCUT2D eigenvalue weighted by Gasteiger charge is 2.42. The molecule has 0 saturated heterocycles. The average molecular weight is 547 g/mol. The van der Waals surface area contributed by atoms with E-state index in [9.17, 15) is 9.59 Å². The topological polar surface area (TPSA) is 58.6 Å². The van der Waals surface area contributed by atoms with Crippen molar-refractivity contribution in [3.63, 3.8) is 0 Å². The number of allylic oxidation sites excluding steroid dienone is 3. The summed E-state index contributed by atoms with van der Waals surface area (Å²) in [6.45, 7) is 8.06. The quantitative estimate of drug-likeness (QED) is 0.366. The van der Waals surface area contributed by atoms with Crippen molar-refractivity contribution in [2.24, 2.45) is 0 Å². The van der Waals surface area contributed by atoms with E-state index < -0.39 is 5.92 Å². The molecule has 2 atom stereocenters. The fraction of sp³-hybridized carbons (Fsp3) is 0.455. The van der Waals surface area contributed by atoms with Gasteiger partial charge in [-0.05, 0) is 94.2 Å². The van der Waals surface area contributed by atoms with Gasteiger partial charge in [0.15, 0.2) is 5.78 Å². The molecule has 5 rings (SSSR count). The van der Waals surface area contributed by atoms with Gasteiger partial charge in [-0.2, -0.15) is 0 Å². The van der Waals surface area contributed by atoms with Crippen LogP contribution in [0, 0.1) is 0 Å². The Hall–Kier alpha value is -3.05. The lowest BCUT2D eigenvalue weighted by Gasteiger charge is -2.37. The number of ether oxygens (including phenoxy) is 1. The maximum absolute atomic E-state index is 13.9. The van der Waals surface area contributed by atoms with Gasteiger partial charge in [0.25, 0.3) is 0 Å². The molecule has 2 aliphatic carbocycles. The van der Waals surface area contributed by atoms with E-state index in [-0.39, 0.29) is 23.8 Å². The number of benzene rings is 2. The second kappa shape index (κ2) is 12.0. The Morgan fingerprint density at radius 3 is 2.23 bits per heavy atom. The third kappa shape index (κ3) is 5.79. The molecule has 39 heavy (non-hydrogen) atoms. The van der Waals surface area contributed by atoms with Crippen molar-refractivity contribution < 1.29 is 14.3 Å². The van der Waals surface area contributed by atoms with Gasteiger partial charge in [-0.15, -0.1) is 0 Å². The number of rotatable bonds is 7. The molecule has 5 nitrogen and oxygen atoms in total. The Balaban J connectivity index is 1.52. The largest absolute Gasteiger partial charge is 0.459 e. The monoisotopic (exact) mass is 546 g/mol. The molecule has 3 aliphatic rings. The van der Waals surface area contributed by atoms with E-state index in [1.54, 1.807) is 0 Å². The lowest BCUT2D eigenvalue weighted by molar-refractivity contribution is -0.146. The molecule has 1 aliphatic heterocycles. The van der Waals surface area contributed by atoms with Crippen LogP contribution in [0.5, 0.6) is 0 Å². The molecule has 2 aromatic rings. The Morgan fingerprint density at radius 1 is 0.949 bits per heavy atom. The first-order valence-electron chi connectivity index (χ1n) is 14.4. The van der Waals surface area contributed by atoms with Gasteiger partial charge in [-0.3, -0.25) is 4.79 Å². The van der Waals surface area contributed by atoms with Crippen molar-refractivity contribution >= 4 is 29.0 Å². The van der Waals surface area contributed by atoms with Crippen LogP contribution in [0.15, 0.2) is 71.1 Å². The van der Waals surface area contributed by atoms with Crippen molar-refractivity contribution in [2.75, 3.05) is 18.0 Å². The van der Waals surface area contributed by atoms with Crippen LogP contribution >= 0.6 is 11.6 Å². The number of nitrogens with zero attached hydrogens (tertiary/aromatic N) is 1. The van der Waals surface area contributed by atoms with Gasteiger partial charge in [0.2, 0.25) is 0 Å². The fourth-order valence-electron chi connectivity index (χ4n) is 6.48. The number of nitrogens with one attached hydrogen (secondary N) is 1. The van der Waals surface area contributed by atoms with Crippen LogP contribution in [0.2, 0.25) is 5.02 Å². The molecule has 6 heteroatoms. The number of halogens is 1. The zero-order valence-corrected chi connectivity index (χ0v) is 24.0. The minimum Gasteiger partial charge on any atom is -0.459 e. The maximum Gasteiger partial charge on any atom is 0.337 e. The van der Waals surface area contributed by atoms with Crippen LogP contribution in [0.25, 0.3) is 0 Å². The SMILES string of the molecule is CCN(CC)c1ccc([C@H]2C(C(=O)OC3CCCCC3)=C(C)NC3=C2C(=O)C[C@@H](c2ccc(Cl)cc2)C3)cc1. The van der Waals surface area contributed by atoms with Crippen LogP contribution in [0.1, 0.15) is 88.7 Å². The lowest BCUT2D eigenvalue weighted by atomic mass is 9.71. The second-order valence-electron chi connectivity index (χ2n) is 11.0. The standard InChI is InChI=1S/C33H39ClN2O3/c1-4-36(5-2)26-17-13-23(14-18-26)31-30(33(38)39-27-9-7-6-8-10-27)21(3)35-28-19-24(20-29(37)32(28)31)22-11-15-25(34)16-12-22/h11-18,24,27,31,35H,4-10,19-20H2,1-3H3/t24-,31-/m0/s1. The molecular weight excluding hydrogens is 508 g/mol. The Labute approximate surface area is 237 Å². The number of anilines is 1. The van der Waals surface area contributed by atoms with Gasteiger partial charge >= 0.3 is 5.97 Å². The molecule has 1 heterocycles. The molecule has 0 amide bonds. The number of carbonyl (C=O) groups is 2. The molecule has 1 saturated carbocycles. The van der Waals surface area contributed by atoms with Crippen LogP contribution in [0.4, 0.5) is 5.69 Å². The van der Waals surface area contributed by atoms with E-state index in [1.165, 1.54) is 6.42 Å². The molecule has 1 fully saturated rings. The number of Topliss-reactive ketones (excluding diaryl/α,β-unsaturated/α-hetero) is 1. The first-order valence-corrected chi connectivity index (χ1v) is 14.8. The van der Waals surface area contributed by atoms with Gasteiger partial charge in [0.1, 0.15) is 6.10 Å². The van der Waals surface area contributed by atoms with Crippen molar-refractivity contribution in [3.05, 3.63) is 87.2 Å². The Morgan fingerprint density at radius 2 is 1.59 bits per heavy atom. The molecule has 2 aromatic carbocycles. The number of ketones is 1. The second-order valence-corrected chi connectivity index (χ2v) is 11.4. The van der Waals surface area contributed by atoms with Crippen molar-refractivity contribution in [1.29, 1.82) is 0 Å². The summed E-state index contributed by atoms with van der Waals surface area (Å²) >= 11 is 6.12. The zero-order chi connectivity index (χ0) is 27.5. The van der Waals surface area contributed by atoms with Crippen LogP contribution in [0.3, 0.4) is 0 Å². The van der Waals surface area contributed by atoms with E-state index in [1.807, 2.05) is 31.2 Å². The van der Waals surface area contributed by atoms with E-state index in [0.717, 1.165) is 67.0 Å². The first kappa shape index (κ1) is 27.5. The lowest BCUT2D eigenvalue weighted by Crippen LogP contribution is -2.37. The smallest absolute Gasteiger partial charge is 0.337 e. The summed E-state index contributed by atoms with van der Waals surface area (Å²) in [6, 6.07) is 16.1. The third-order valence-corrected chi connectivity index (χ3v) is 8.82. The van der Waals surface area contributed by atoms with E-state index >= 15 is 0 Å². The molecular formula is C33H39ClN2O3. The summed E-state index contributed by atoms with van der Waals surface area (Å²) in [5, 5.41) is 4.16. The van der Waals surface area contributed by atoms with Crippen LogP contribution in [-0.4, -0.2) is 30.9 Å². The minimum atomic E-state index is -0.443. The third-order valence-electron chi connectivity index (χ3n) is 8.57. The number of hydrogen-bond donors (Lipinski definition) is 1. The highest BCUT2D eigenvalue weighted by atomic mass is 35.5. The predicted molar refractivity (Wildman–Crippen MR) is 157 cm³/mol. The van der Waals surface area contributed by atoms with Crippen molar-refractivity contribution in [2.45, 2.75) is 83.7 Å². The van der Waals surface area contributed by atoms with Crippen molar-refractivity contribution in [1.82, 2.24) is 5.32 Å². The van der Waals surface area contributed by atoms with Gasteiger partial charge < -0.3 is 15.0 Å². The van der Waals surface area contributed by atoms with Gasteiger partial charge in [0, 0.05) is 53.1 Å². The molecule has 0 unspecified atom stereocenters. The highest BCUT2D eigenvalue weighted by molar-refractivity contribution is 6.30. The molecule has 0 bridgehead atoms. The summed E-state index contributed by atoms with van der Waals surface area (Å²) in [4.78, 5) is 29.9. The van der Waals surface area contributed by atoms with Gasteiger partial charge in [0.05, 0.1) is 5.57 Å². The normalized spacial score (nSPS) is 21.9. The summed E-state index contributed by atoms with van der Waals surface area (Å²) in [5.74, 6) is -0.599. The Bertz CT molecular complexity index is 1270. The molecule has 0 spiro atoms. The van der Waals surface area contributed by atoms with E-state index in [4.69, 9.17) is 16.3 Å². The van der Waals surface area contributed by atoms with Gasteiger partial charge in [-0.1, -0.05) is 42.3 Å². The summed E-state index contributed by atoms with van der Waals surface area (Å²) < 4.78 is 6.07. The summed E-state index contributed by atoms with van der Waals surface area (Å²) in [5.41, 5.74) is 6.15. The molecule has 206 valence electrons. The van der Waals surface area contributed by atoms with E-state index in [2.05, 4.69) is 48.3 Å². The van der Waals surface area contributed by atoms with Crippen LogP contribution < -0.4 is 10.2 Å². The van der Waals surface area contributed by atoms with Crippen molar-refractivity contribution in [3.8, 4) is 0 Å². The zero-order valence-electron chi connectivity index (χ0n) is 23.3. The van der Waals surface area contributed by atoms with E-state index in [0.29, 0.717) is 29.0 Å². The average Bonchev–Trinajstić information content (AvgIpc) is 2.94. The number of hydrogen-bond acceptors (Lipinski definition) is 5. The molecule has 1 N–H and O–H groups in total. The molecule has 0 radical (unpaired) electrons. The van der Waals surface area contributed by atoms with Gasteiger partial charge in [-0.25, -0.2) is 4.79 Å².